The van der Waals surface area contributed by atoms with E-state index < -0.39 is 0 Å². The minimum Gasteiger partial charge on any atom is -0.355 e. The van der Waals surface area contributed by atoms with E-state index in [0.717, 1.165) is 56.2 Å². The molecular weight excluding hydrogens is 360 g/mol. The van der Waals surface area contributed by atoms with Gasteiger partial charge in [0.25, 0.3) is 0 Å². The summed E-state index contributed by atoms with van der Waals surface area (Å²) in [4.78, 5) is 33.4. The molecule has 1 aromatic rings. The van der Waals surface area contributed by atoms with Crippen LogP contribution in [-0.4, -0.2) is 60.2 Å². The molecule has 6 nitrogen and oxygen atoms in total. The van der Waals surface area contributed by atoms with E-state index in [1.54, 1.807) is 6.20 Å². The number of allylic oxidation sites excluding steroid dienone is 1. The molecule has 1 aromatic heterocycles. The Hall–Kier alpha value is -2.02. The molecule has 27 heavy (non-hydrogen) atoms. The molecule has 2 rings (SSSR count). The van der Waals surface area contributed by atoms with E-state index in [1.165, 1.54) is 11.8 Å². The lowest BCUT2D eigenvalue weighted by molar-refractivity contribution is -0.131. The number of pyridine rings is 1. The first kappa shape index (κ1) is 21.3. The maximum atomic E-state index is 12.3. The molecule has 7 heteroatoms. The fourth-order valence-corrected chi connectivity index (χ4v) is 3.41. The van der Waals surface area contributed by atoms with Gasteiger partial charge < -0.3 is 15.1 Å². The van der Waals surface area contributed by atoms with Gasteiger partial charge in [-0.3, -0.25) is 9.59 Å². The van der Waals surface area contributed by atoms with Crippen LogP contribution in [0.3, 0.4) is 0 Å². The normalized spacial score (nSPS) is 14.1. The molecule has 1 fully saturated rings. The summed E-state index contributed by atoms with van der Waals surface area (Å²) < 4.78 is 0. The minimum atomic E-state index is 0.0462. The molecule has 1 N–H and O–H groups in total. The summed E-state index contributed by atoms with van der Waals surface area (Å²) in [5, 5.41) is 2.90. The van der Waals surface area contributed by atoms with Crippen molar-refractivity contribution >= 4 is 29.4 Å². The van der Waals surface area contributed by atoms with E-state index >= 15 is 0 Å². The Bertz CT molecular complexity index is 616. The lowest BCUT2D eigenvalue weighted by atomic mass is 10.1. The molecule has 1 aliphatic rings. The van der Waals surface area contributed by atoms with Gasteiger partial charge in [-0.2, -0.15) is 0 Å². The third-order valence-electron chi connectivity index (χ3n) is 4.44. The number of rotatable bonds is 10. The SMILES string of the molecule is C=C(C)SCC(=O)NCCCCCC(=O)N1CCN(c2ccccn2)CC1. The Morgan fingerprint density at radius 3 is 2.63 bits per heavy atom. The Morgan fingerprint density at radius 1 is 1.19 bits per heavy atom. The molecule has 0 saturated carbocycles. The molecule has 148 valence electrons. The Labute approximate surface area is 166 Å². The second-order valence-electron chi connectivity index (χ2n) is 6.71. The third kappa shape index (κ3) is 8.03. The zero-order valence-corrected chi connectivity index (χ0v) is 17.0. The van der Waals surface area contributed by atoms with Crippen molar-refractivity contribution in [1.29, 1.82) is 0 Å². The van der Waals surface area contributed by atoms with Crippen molar-refractivity contribution in [2.75, 3.05) is 43.4 Å². The molecule has 0 spiro atoms. The average molecular weight is 391 g/mol. The van der Waals surface area contributed by atoms with Gasteiger partial charge in [0.15, 0.2) is 0 Å². The number of nitrogens with zero attached hydrogens (tertiary/aromatic N) is 3. The zero-order valence-electron chi connectivity index (χ0n) is 16.2. The number of piperazine rings is 1. The highest BCUT2D eigenvalue weighted by Crippen LogP contribution is 2.14. The van der Waals surface area contributed by atoms with Crippen LogP contribution in [0.5, 0.6) is 0 Å². The molecule has 0 unspecified atom stereocenters. The molecule has 1 saturated heterocycles. The summed E-state index contributed by atoms with van der Waals surface area (Å²) in [7, 11) is 0. The second-order valence-corrected chi connectivity index (χ2v) is 7.98. The minimum absolute atomic E-state index is 0.0462. The maximum Gasteiger partial charge on any atom is 0.230 e. The van der Waals surface area contributed by atoms with Gasteiger partial charge in [-0.05, 0) is 36.8 Å². The number of anilines is 1. The molecule has 2 amide bonds. The molecule has 0 atom stereocenters. The van der Waals surface area contributed by atoms with Gasteiger partial charge in [0.2, 0.25) is 11.8 Å². The summed E-state index contributed by atoms with van der Waals surface area (Å²) in [5.74, 6) is 1.69. The number of thioether (sulfide) groups is 1. The summed E-state index contributed by atoms with van der Waals surface area (Å²) in [6.07, 6.45) is 5.12. The van der Waals surface area contributed by atoms with Crippen LogP contribution in [0.4, 0.5) is 5.82 Å². The van der Waals surface area contributed by atoms with E-state index in [-0.39, 0.29) is 11.8 Å². The highest BCUT2D eigenvalue weighted by molar-refractivity contribution is 8.03. The number of unbranched alkanes of at least 4 members (excludes halogenated alkanes) is 2. The number of hydrogen-bond donors (Lipinski definition) is 1. The first-order chi connectivity index (χ1) is 13.1. The first-order valence-electron chi connectivity index (χ1n) is 9.55. The fraction of sp³-hybridized carbons (Fsp3) is 0.550. The van der Waals surface area contributed by atoms with Gasteiger partial charge >= 0.3 is 0 Å². The quantitative estimate of drug-likeness (QED) is 0.622. The van der Waals surface area contributed by atoms with Crippen molar-refractivity contribution in [3.05, 3.63) is 35.9 Å². The average Bonchev–Trinajstić information content (AvgIpc) is 2.69. The number of nitrogens with one attached hydrogen (secondary N) is 1. The molecule has 0 aliphatic carbocycles. The van der Waals surface area contributed by atoms with E-state index in [9.17, 15) is 9.59 Å². The first-order valence-corrected chi connectivity index (χ1v) is 10.5. The zero-order chi connectivity index (χ0) is 19.5. The monoisotopic (exact) mass is 390 g/mol. The van der Waals surface area contributed by atoms with E-state index in [0.29, 0.717) is 18.7 Å². The highest BCUT2D eigenvalue weighted by atomic mass is 32.2. The van der Waals surface area contributed by atoms with E-state index in [4.69, 9.17) is 0 Å². The van der Waals surface area contributed by atoms with Gasteiger partial charge in [-0.15, -0.1) is 11.8 Å². The Morgan fingerprint density at radius 2 is 1.96 bits per heavy atom. The maximum absolute atomic E-state index is 12.3. The van der Waals surface area contributed by atoms with Crippen LogP contribution in [0.15, 0.2) is 35.9 Å². The van der Waals surface area contributed by atoms with Crippen molar-refractivity contribution in [2.45, 2.75) is 32.6 Å². The number of carbonyl (C=O) groups excluding carboxylic acids is 2. The largest absolute Gasteiger partial charge is 0.355 e. The summed E-state index contributed by atoms with van der Waals surface area (Å²) in [5.41, 5.74) is 0. The predicted octanol–water partition coefficient (Wildman–Crippen LogP) is 2.67. The Balaban J connectivity index is 1.53. The van der Waals surface area contributed by atoms with E-state index in [2.05, 4.69) is 21.8 Å². The lowest BCUT2D eigenvalue weighted by Crippen LogP contribution is -2.49. The summed E-state index contributed by atoms with van der Waals surface area (Å²) >= 11 is 1.46. The van der Waals surface area contributed by atoms with Crippen LogP contribution in [0.1, 0.15) is 32.6 Å². The van der Waals surface area contributed by atoms with Gasteiger partial charge in [-0.25, -0.2) is 4.98 Å². The smallest absolute Gasteiger partial charge is 0.230 e. The van der Waals surface area contributed by atoms with Gasteiger partial charge in [0.1, 0.15) is 5.82 Å². The standard InChI is InChI=1S/C20H30N4O2S/c1-17(2)27-16-19(25)22-11-6-3-4-9-20(26)24-14-12-23(13-15-24)18-8-5-7-10-21-18/h5,7-8,10H,1,3-4,6,9,11-16H2,2H3,(H,22,25). The number of amides is 2. The molecule has 0 bridgehead atoms. The number of aromatic nitrogens is 1. The van der Waals surface area contributed by atoms with Crippen LogP contribution in [-0.2, 0) is 9.59 Å². The molecule has 2 heterocycles. The third-order valence-corrected chi connectivity index (χ3v) is 5.34. The highest BCUT2D eigenvalue weighted by Gasteiger charge is 2.21. The van der Waals surface area contributed by atoms with Crippen molar-refractivity contribution in [3.63, 3.8) is 0 Å². The van der Waals surface area contributed by atoms with Crippen LogP contribution in [0.2, 0.25) is 0 Å². The lowest BCUT2D eigenvalue weighted by Gasteiger charge is -2.35. The fourth-order valence-electron chi connectivity index (χ4n) is 2.93. The van der Waals surface area contributed by atoms with Gasteiger partial charge in [-0.1, -0.05) is 19.1 Å². The molecule has 0 aromatic carbocycles. The van der Waals surface area contributed by atoms with E-state index in [1.807, 2.05) is 30.0 Å². The van der Waals surface area contributed by atoms with Crippen LogP contribution in [0.25, 0.3) is 0 Å². The summed E-state index contributed by atoms with van der Waals surface area (Å²) in [6, 6.07) is 5.91. The van der Waals surface area contributed by atoms with Crippen molar-refractivity contribution in [2.24, 2.45) is 0 Å². The number of carbonyl (C=O) groups is 2. The topological polar surface area (TPSA) is 65.5 Å². The van der Waals surface area contributed by atoms with Crippen molar-refractivity contribution < 1.29 is 9.59 Å². The summed E-state index contributed by atoms with van der Waals surface area (Å²) in [6.45, 7) is 9.51. The molecule has 1 aliphatic heterocycles. The van der Waals surface area contributed by atoms with Crippen molar-refractivity contribution in [1.82, 2.24) is 15.2 Å². The van der Waals surface area contributed by atoms with Crippen LogP contribution >= 0.6 is 11.8 Å². The molecular formula is C20H30N4O2S. The van der Waals surface area contributed by atoms with Crippen molar-refractivity contribution in [3.8, 4) is 0 Å². The number of hydrogen-bond acceptors (Lipinski definition) is 5. The van der Waals surface area contributed by atoms with Gasteiger partial charge in [0.05, 0.1) is 5.75 Å². The van der Waals surface area contributed by atoms with Crippen LogP contribution < -0.4 is 10.2 Å². The van der Waals surface area contributed by atoms with Gasteiger partial charge in [0, 0.05) is 45.3 Å². The second kappa shape index (κ2) is 11.6. The van der Waals surface area contributed by atoms with Crippen LogP contribution in [0, 0.1) is 0 Å². The predicted molar refractivity (Wildman–Crippen MR) is 112 cm³/mol. The molecule has 0 radical (unpaired) electrons. The Kier molecular flexibility index (Phi) is 9.18.